The lowest BCUT2D eigenvalue weighted by atomic mass is 10.0. The molecule has 0 aliphatic heterocycles. The Bertz CT molecular complexity index is 547. The molecule has 1 aromatic carbocycles. The molecule has 0 aliphatic rings. The summed E-state index contributed by atoms with van der Waals surface area (Å²) in [6.45, 7) is 0. The summed E-state index contributed by atoms with van der Waals surface area (Å²) in [6.07, 6.45) is 0.610. The van der Waals surface area contributed by atoms with Crippen molar-refractivity contribution in [3.8, 4) is 0 Å². The van der Waals surface area contributed by atoms with Gasteiger partial charge in [0.25, 0.3) is 0 Å². The number of nitrogens with one attached hydrogen (secondary N) is 1. The van der Waals surface area contributed by atoms with Crippen LogP contribution in [0.4, 0.5) is 4.39 Å². The molecule has 2 rings (SSSR count). The summed E-state index contributed by atoms with van der Waals surface area (Å²) in [7, 11) is 0. The van der Waals surface area contributed by atoms with Crippen LogP contribution in [0.25, 0.3) is 0 Å². The number of hydrazine groups is 1. The third kappa shape index (κ3) is 3.30. The molecule has 3 N–H and O–H groups in total. The van der Waals surface area contributed by atoms with Crippen molar-refractivity contribution < 1.29 is 4.39 Å². The number of rotatable bonds is 4. The monoisotopic (exact) mass is 348 g/mol. The van der Waals surface area contributed by atoms with Gasteiger partial charge < -0.3 is 0 Å². The third-order valence-corrected chi connectivity index (χ3v) is 4.50. The van der Waals surface area contributed by atoms with Crippen molar-refractivity contribution in [1.82, 2.24) is 5.43 Å². The van der Waals surface area contributed by atoms with Gasteiger partial charge >= 0.3 is 0 Å². The molecule has 1 unspecified atom stereocenters. The highest BCUT2D eigenvalue weighted by Crippen LogP contribution is 2.29. The van der Waals surface area contributed by atoms with E-state index in [1.54, 1.807) is 17.4 Å². The summed E-state index contributed by atoms with van der Waals surface area (Å²) >= 11 is 11.0. The maximum Gasteiger partial charge on any atom is 0.124 e. The quantitative estimate of drug-likeness (QED) is 0.645. The molecule has 0 spiro atoms. The molecule has 1 heterocycles. The summed E-state index contributed by atoms with van der Waals surface area (Å²) in [5, 5.41) is 2.44. The molecule has 6 heteroatoms. The molecule has 0 amide bonds. The average Bonchev–Trinajstić information content (AvgIpc) is 2.75. The Morgan fingerprint density at radius 1 is 1.44 bits per heavy atom. The van der Waals surface area contributed by atoms with Gasteiger partial charge in [0.05, 0.1) is 9.83 Å². The lowest BCUT2D eigenvalue weighted by Gasteiger charge is -2.15. The van der Waals surface area contributed by atoms with Gasteiger partial charge in [0.2, 0.25) is 0 Å². The average molecular weight is 350 g/mol. The third-order valence-electron chi connectivity index (χ3n) is 2.63. The van der Waals surface area contributed by atoms with E-state index in [0.717, 1.165) is 14.9 Å². The van der Waals surface area contributed by atoms with Crippen molar-refractivity contribution >= 4 is 38.9 Å². The maximum atomic E-state index is 13.0. The fourth-order valence-corrected chi connectivity index (χ4v) is 3.16. The predicted molar refractivity (Wildman–Crippen MR) is 77.2 cm³/mol. The van der Waals surface area contributed by atoms with Crippen LogP contribution < -0.4 is 11.3 Å². The molecule has 2 aromatic rings. The van der Waals surface area contributed by atoms with Gasteiger partial charge in [0.1, 0.15) is 5.82 Å². The van der Waals surface area contributed by atoms with Gasteiger partial charge in [-0.3, -0.25) is 11.3 Å². The minimum absolute atomic E-state index is 0.0458. The Labute approximate surface area is 122 Å². The molecule has 1 atom stereocenters. The van der Waals surface area contributed by atoms with E-state index >= 15 is 0 Å². The van der Waals surface area contributed by atoms with Crippen LogP contribution >= 0.6 is 38.9 Å². The molecule has 0 fully saturated rings. The summed E-state index contributed by atoms with van der Waals surface area (Å²) in [5.41, 5.74) is 4.70. The smallest absolute Gasteiger partial charge is 0.124 e. The van der Waals surface area contributed by atoms with E-state index in [4.69, 9.17) is 17.4 Å². The van der Waals surface area contributed by atoms with E-state index in [2.05, 4.69) is 21.4 Å². The van der Waals surface area contributed by atoms with E-state index in [0.29, 0.717) is 11.4 Å². The van der Waals surface area contributed by atoms with Gasteiger partial charge in [-0.1, -0.05) is 17.7 Å². The minimum atomic E-state index is -0.334. The molecule has 96 valence electrons. The summed E-state index contributed by atoms with van der Waals surface area (Å²) in [5.74, 6) is 5.23. The van der Waals surface area contributed by atoms with E-state index in [1.165, 1.54) is 12.1 Å². The van der Waals surface area contributed by atoms with E-state index in [-0.39, 0.29) is 11.9 Å². The number of hydrogen-bond acceptors (Lipinski definition) is 3. The first-order valence-corrected chi connectivity index (χ1v) is 7.29. The van der Waals surface area contributed by atoms with Crippen LogP contribution in [0.5, 0.6) is 0 Å². The Kier molecular flexibility index (Phi) is 4.75. The van der Waals surface area contributed by atoms with Crippen LogP contribution in [0.2, 0.25) is 5.02 Å². The van der Waals surface area contributed by atoms with Crippen LogP contribution in [-0.2, 0) is 6.42 Å². The SMILES string of the molecule is NNC(Cc1ccc(F)cc1Cl)c1csc(Br)c1. The van der Waals surface area contributed by atoms with Crippen LogP contribution in [0, 0.1) is 5.82 Å². The van der Waals surface area contributed by atoms with Crippen molar-refractivity contribution in [1.29, 1.82) is 0 Å². The molecule has 0 radical (unpaired) electrons. The van der Waals surface area contributed by atoms with Crippen molar-refractivity contribution in [2.24, 2.45) is 5.84 Å². The molecule has 2 nitrogen and oxygen atoms in total. The Balaban J connectivity index is 2.20. The zero-order valence-corrected chi connectivity index (χ0v) is 12.4. The highest BCUT2D eigenvalue weighted by atomic mass is 79.9. The number of halogens is 3. The molecule has 0 bridgehead atoms. The van der Waals surface area contributed by atoms with E-state index < -0.39 is 0 Å². The highest BCUT2D eigenvalue weighted by molar-refractivity contribution is 9.11. The van der Waals surface area contributed by atoms with Gasteiger partial charge in [-0.05, 0) is 57.1 Å². The topological polar surface area (TPSA) is 38.0 Å². The second-order valence-electron chi connectivity index (χ2n) is 3.84. The van der Waals surface area contributed by atoms with Gasteiger partial charge in [-0.2, -0.15) is 0 Å². The molecule has 0 saturated heterocycles. The summed E-state index contributed by atoms with van der Waals surface area (Å²) in [4.78, 5) is 0. The predicted octanol–water partition coefficient (Wildman–Crippen LogP) is 4.05. The first-order chi connectivity index (χ1) is 8.60. The number of thiophene rings is 1. The Hall–Kier alpha value is -0.460. The lowest BCUT2D eigenvalue weighted by Crippen LogP contribution is -2.29. The van der Waals surface area contributed by atoms with Crippen molar-refractivity contribution in [3.05, 3.63) is 55.4 Å². The number of hydrogen-bond donors (Lipinski definition) is 2. The van der Waals surface area contributed by atoms with Gasteiger partial charge in [0.15, 0.2) is 0 Å². The lowest BCUT2D eigenvalue weighted by molar-refractivity contribution is 0.552. The van der Waals surface area contributed by atoms with Crippen molar-refractivity contribution in [2.75, 3.05) is 0 Å². The fourth-order valence-electron chi connectivity index (χ4n) is 1.69. The summed E-state index contributed by atoms with van der Waals surface area (Å²) < 4.78 is 14.0. The number of benzene rings is 1. The maximum absolute atomic E-state index is 13.0. The molecule has 1 aromatic heterocycles. The molecular formula is C12H11BrClFN2S. The van der Waals surface area contributed by atoms with Crippen LogP contribution in [0.1, 0.15) is 17.2 Å². The van der Waals surface area contributed by atoms with Gasteiger partial charge in [0, 0.05) is 5.02 Å². The second kappa shape index (κ2) is 6.12. The summed E-state index contributed by atoms with van der Waals surface area (Å²) in [6, 6.07) is 6.36. The molecular weight excluding hydrogens is 339 g/mol. The zero-order chi connectivity index (χ0) is 13.1. The van der Waals surface area contributed by atoms with Crippen LogP contribution in [-0.4, -0.2) is 0 Å². The van der Waals surface area contributed by atoms with Gasteiger partial charge in [-0.15, -0.1) is 11.3 Å². The molecule has 0 aliphatic carbocycles. The zero-order valence-electron chi connectivity index (χ0n) is 9.29. The first kappa shape index (κ1) is 14.0. The Morgan fingerprint density at radius 2 is 2.22 bits per heavy atom. The second-order valence-corrected chi connectivity index (χ2v) is 6.54. The van der Waals surface area contributed by atoms with Crippen LogP contribution in [0.3, 0.4) is 0 Å². The normalized spacial score (nSPS) is 12.7. The van der Waals surface area contributed by atoms with Crippen molar-refractivity contribution in [3.63, 3.8) is 0 Å². The largest absolute Gasteiger partial charge is 0.271 e. The standard InChI is InChI=1S/C12H11BrClFN2S/c13-12-4-8(6-18-12)11(17-16)3-7-1-2-9(15)5-10(7)14/h1-2,4-6,11,17H,3,16H2. The number of nitrogens with two attached hydrogens (primary N) is 1. The molecule has 0 saturated carbocycles. The Morgan fingerprint density at radius 3 is 2.78 bits per heavy atom. The van der Waals surface area contributed by atoms with Crippen LogP contribution in [0.15, 0.2) is 33.4 Å². The molecule has 18 heavy (non-hydrogen) atoms. The van der Waals surface area contributed by atoms with E-state index in [9.17, 15) is 4.39 Å². The first-order valence-electron chi connectivity index (χ1n) is 5.24. The van der Waals surface area contributed by atoms with Crippen molar-refractivity contribution in [2.45, 2.75) is 12.5 Å². The fraction of sp³-hybridized carbons (Fsp3) is 0.167. The van der Waals surface area contributed by atoms with E-state index in [1.807, 2.05) is 11.4 Å². The highest BCUT2D eigenvalue weighted by Gasteiger charge is 2.14. The minimum Gasteiger partial charge on any atom is -0.271 e. The van der Waals surface area contributed by atoms with Gasteiger partial charge in [-0.25, -0.2) is 4.39 Å².